The van der Waals surface area contributed by atoms with Crippen LogP contribution >= 0.6 is 0 Å². The van der Waals surface area contributed by atoms with Gasteiger partial charge >= 0.3 is 0 Å². The second-order valence-corrected chi connectivity index (χ2v) is 7.96. The van der Waals surface area contributed by atoms with Crippen molar-refractivity contribution in [1.29, 1.82) is 0 Å². The molecule has 0 saturated carbocycles. The van der Waals surface area contributed by atoms with Crippen LogP contribution in [0.2, 0.25) is 0 Å². The maximum atomic E-state index is 12.9. The number of piperidine rings is 1. The molecule has 3 rings (SSSR count). The number of ether oxygens (including phenoxy) is 1. The lowest BCUT2D eigenvalue weighted by atomic mass is 10.2. The third-order valence-electron chi connectivity index (χ3n) is 4.30. The van der Waals surface area contributed by atoms with E-state index in [1.165, 1.54) is 29.7 Å². The van der Waals surface area contributed by atoms with E-state index in [0.717, 1.165) is 19.3 Å². The number of pyridine rings is 1. The number of hydrogen-bond acceptors (Lipinski definition) is 5. The first-order valence-corrected chi connectivity index (χ1v) is 9.86. The minimum absolute atomic E-state index is 0.140. The van der Waals surface area contributed by atoms with E-state index < -0.39 is 10.0 Å². The summed E-state index contributed by atoms with van der Waals surface area (Å²) >= 11 is 0. The number of amides is 1. The van der Waals surface area contributed by atoms with Crippen LogP contribution in [-0.2, 0) is 10.0 Å². The van der Waals surface area contributed by atoms with E-state index in [-0.39, 0.29) is 10.8 Å². The molecule has 2 aromatic rings. The zero-order valence-electron chi connectivity index (χ0n) is 14.5. The molecule has 1 amide bonds. The van der Waals surface area contributed by atoms with Gasteiger partial charge in [0.15, 0.2) is 0 Å². The molecule has 1 aromatic heterocycles. The molecule has 138 valence electrons. The van der Waals surface area contributed by atoms with Crippen LogP contribution in [0.25, 0.3) is 0 Å². The summed E-state index contributed by atoms with van der Waals surface area (Å²) in [5, 5.41) is 2.71. The predicted molar refractivity (Wildman–Crippen MR) is 97.8 cm³/mol. The van der Waals surface area contributed by atoms with Gasteiger partial charge in [-0.25, -0.2) is 8.42 Å². The summed E-state index contributed by atoms with van der Waals surface area (Å²) in [4.78, 5) is 16.4. The fraction of sp³-hybridized carbons (Fsp3) is 0.333. The monoisotopic (exact) mass is 375 g/mol. The number of rotatable bonds is 5. The molecular formula is C18H21N3O4S. The summed E-state index contributed by atoms with van der Waals surface area (Å²) in [6.07, 6.45) is 5.78. The van der Waals surface area contributed by atoms with Crippen molar-refractivity contribution >= 4 is 21.6 Å². The van der Waals surface area contributed by atoms with Crippen LogP contribution in [0.1, 0.15) is 29.6 Å². The van der Waals surface area contributed by atoms with E-state index in [9.17, 15) is 13.2 Å². The van der Waals surface area contributed by atoms with Crippen molar-refractivity contribution in [3.63, 3.8) is 0 Å². The van der Waals surface area contributed by atoms with Crippen LogP contribution in [0, 0.1) is 0 Å². The Morgan fingerprint density at radius 2 is 1.96 bits per heavy atom. The average Bonchev–Trinajstić information content (AvgIpc) is 2.69. The molecule has 0 radical (unpaired) electrons. The van der Waals surface area contributed by atoms with Gasteiger partial charge in [-0.05, 0) is 43.2 Å². The summed E-state index contributed by atoms with van der Waals surface area (Å²) in [5.41, 5.74) is 0.679. The van der Waals surface area contributed by atoms with Gasteiger partial charge < -0.3 is 10.1 Å². The SMILES string of the molecule is COc1ccc(S(=O)(=O)N2CCCCC2)cc1NC(=O)c1cccnc1. The molecule has 1 N–H and O–H groups in total. The number of anilines is 1. The van der Waals surface area contributed by atoms with Crippen molar-refractivity contribution in [2.24, 2.45) is 0 Å². The fourth-order valence-electron chi connectivity index (χ4n) is 2.89. The van der Waals surface area contributed by atoms with Crippen molar-refractivity contribution in [3.05, 3.63) is 48.3 Å². The molecule has 0 atom stereocenters. The molecule has 8 heteroatoms. The van der Waals surface area contributed by atoms with E-state index in [1.807, 2.05) is 0 Å². The highest BCUT2D eigenvalue weighted by molar-refractivity contribution is 7.89. The second kappa shape index (κ2) is 7.84. The normalized spacial score (nSPS) is 15.4. The number of aromatic nitrogens is 1. The molecule has 2 heterocycles. The molecule has 0 unspecified atom stereocenters. The van der Waals surface area contributed by atoms with Crippen molar-refractivity contribution in [2.45, 2.75) is 24.2 Å². The quantitative estimate of drug-likeness (QED) is 0.867. The summed E-state index contributed by atoms with van der Waals surface area (Å²) in [5.74, 6) is 0.00348. The molecular weight excluding hydrogens is 354 g/mol. The summed E-state index contributed by atoms with van der Waals surface area (Å²) in [6, 6.07) is 7.78. The predicted octanol–water partition coefficient (Wildman–Crippen LogP) is 2.52. The Morgan fingerprint density at radius 3 is 2.62 bits per heavy atom. The van der Waals surface area contributed by atoms with Crippen LogP contribution in [-0.4, -0.2) is 43.8 Å². The van der Waals surface area contributed by atoms with E-state index in [2.05, 4.69) is 10.3 Å². The largest absolute Gasteiger partial charge is 0.495 e. The van der Waals surface area contributed by atoms with Gasteiger partial charge in [0, 0.05) is 25.5 Å². The Hall–Kier alpha value is -2.45. The standard InChI is InChI=1S/C18H21N3O4S/c1-25-17-8-7-15(26(23,24)21-10-3-2-4-11-21)12-16(17)20-18(22)14-6-5-9-19-13-14/h5-9,12-13H,2-4,10-11H2,1H3,(H,20,22). The Kier molecular flexibility index (Phi) is 5.53. The Morgan fingerprint density at radius 1 is 1.19 bits per heavy atom. The van der Waals surface area contributed by atoms with E-state index >= 15 is 0 Å². The van der Waals surface area contributed by atoms with Gasteiger partial charge in [-0.1, -0.05) is 6.42 Å². The van der Waals surface area contributed by atoms with E-state index in [0.29, 0.717) is 30.1 Å². The Labute approximate surface area is 153 Å². The van der Waals surface area contributed by atoms with Crippen molar-refractivity contribution in [3.8, 4) is 5.75 Å². The van der Waals surface area contributed by atoms with E-state index in [4.69, 9.17) is 4.74 Å². The number of carbonyl (C=O) groups is 1. The number of sulfonamides is 1. The maximum absolute atomic E-state index is 12.9. The highest BCUT2D eigenvalue weighted by atomic mass is 32.2. The number of methoxy groups -OCH3 is 1. The van der Waals surface area contributed by atoms with E-state index in [1.54, 1.807) is 24.4 Å². The summed E-state index contributed by atoms with van der Waals surface area (Å²) in [7, 11) is -2.13. The van der Waals surface area contributed by atoms with Crippen molar-refractivity contribution < 1.29 is 17.9 Å². The number of benzene rings is 1. The average molecular weight is 375 g/mol. The number of nitrogens with zero attached hydrogens (tertiary/aromatic N) is 2. The van der Waals surface area contributed by atoms with Gasteiger partial charge in [-0.15, -0.1) is 0 Å². The molecule has 0 spiro atoms. The number of nitrogens with one attached hydrogen (secondary N) is 1. The topological polar surface area (TPSA) is 88.6 Å². The molecule has 7 nitrogen and oxygen atoms in total. The lowest BCUT2D eigenvalue weighted by molar-refractivity contribution is 0.102. The first kappa shape index (κ1) is 18.3. The first-order chi connectivity index (χ1) is 12.5. The summed E-state index contributed by atoms with van der Waals surface area (Å²) in [6.45, 7) is 1.04. The van der Waals surface area contributed by atoms with Gasteiger partial charge in [0.05, 0.1) is 23.3 Å². The smallest absolute Gasteiger partial charge is 0.257 e. The van der Waals surface area contributed by atoms with Crippen molar-refractivity contribution in [2.75, 3.05) is 25.5 Å². The first-order valence-electron chi connectivity index (χ1n) is 8.42. The van der Waals surface area contributed by atoms with Crippen LogP contribution in [0.4, 0.5) is 5.69 Å². The van der Waals surface area contributed by atoms with Gasteiger partial charge in [0.25, 0.3) is 5.91 Å². The minimum Gasteiger partial charge on any atom is -0.495 e. The molecule has 0 aliphatic carbocycles. The molecule has 0 bridgehead atoms. The molecule has 1 aliphatic rings. The van der Waals surface area contributed by atoms with Gasteiger partial charge in [-0.3, -0.25) is 9.78 Å². The third-order valence-corrected chi connectivity index (χ3v) is 6.19. The van der Waals surface area contributed by atoms with Gasteiger partial charge in [-0.2, -0.15) is 4.31 Å². The highest BCUT2D eigenvalue weighted by Crippen LogP contribution is 2.30. The Bertz CT molecular complexity index is 879. The number of carbonyl (C=O) groups excluding carboxylic acids is 1. The van der Waals surface area contributed by atoms with Crippen LogP contribution in [0.5, 0.6) is 5.75 Å². The van der Waals surface area contributed by atoms with Crippen LogP contribution in [0.3, 0.4) is 0 Å². The molecule has 26 heavy (non-hydrogen) atoms. The minimum atomic E-state index is -3.60. The van der Waals surface area contributed by atoms with Crippen LogP contribution in [0.15, 0.2) is 47.6 Å². The lowest BCUT2D eigenvalue weighted by Crippen LogP contribution is -2.35. The lowest BCUT2D eigenvalue weighted by Gasteiger charge is -2.26. The maximum Gasteiger partial charge on any atom is 0.257 e. The zero-order chi connectivity index (χ0) is 18.6. The van der Waals surface area contributed by atoms with Crippen LogP contribution < -0.4 is 10.1 Å². The molecule has 1 aromatic carbocycles. The number of hydrogen-bond donors (Lipinski definition) is 1. The third kappa shape index (κ3) is 3.86. The molecule has 1 fully saturated rings. The summed E-state index contributed by atoms with van der Waals surface area (Å²) < 4.78 is 32.5. The second-order valence-electron chi connectivity index (χ2n) is 6.02. The van der Waals surface area contributed by atoms with Gasteiger partial charge in [0.1, 0.15) is 5.75 Å². The van der Waals surface area contributed by atoms with Crippen molar-refractivity contribution in [1.82, 2.24) is 9.29 Å². The molecule has 1 aliphatic heterocycles. The Balaban J connectivity index is 1.90. The fourth-order valence-corrected chi connectivity index (χ4v) is 4.43. The van der Waals surface area contributed by atoms with Gasteiger partial charge in [0.2, 0.25) is 10.0 Å². The molecule has 1 saturated heterocycles. The highest BCUT2D eigenvalue weighted by Gasteiger charge is 2.27. The zero-order valence-corrected chi connectivity index (χ0v) is 15.3.